The van der Waals surface area contributed by atoms with Gasteiger partial charge in [-0.15, -0.1) is 0 Å². The molecule has 0 spiro atoms. The molecule has 1 aliphatic rings. The van der Waals surface area contributed by atoms with Crippen LogP contribution in [0.4, 0.5) is 0 Å². The fraction of sp³-hybridized carbons (Fsp3) is 0.579. The average molecular weight is 317 g/mol. The zero-order valence-corrected chi connectivity index (χ0v) is 14.3. The van der Waals surface area contributed by atoms with Crippen molar-refractivity contribution >= 4 is 11.9 Å². The van der Waals surface area contributed by atoms with Gasteiger partial charge in [-0.2, -0.15) is 0 Å². The highest BCUT2D eigenvalue weighted by atomic mass is 16.5. The minimum absolute atomic E-state index is 0.192. The Balaban J connectivity index is 1.80. The van der Waals surface area contributed by atoms with E-state index in [1.807, 2.05) is 31.2 Å². The van der Waals surface area contributed by atoms with E-state index < -0.39 is 6.10 Å². The maximum atomic E-state index is 12.2. The van der Waals surface area contributed by atoms with E-state index in [0.29, 0.717) is 5.92 Å². The molecule has 0 aromatic heterocycles. The summed E-state index contributed by atoms with van der Waals surface area (Å²) in [6, 6.07) is 7.94. The van der Waals surface area contributed by atoms with Crippen molar-refractivity contribution in [2.45, 2.75) is 65.0 Å². The van der Waals surface area contributed by atoms with Gasteiger partial charge in [0, 0.05) is 6.04 Å². The van der Waals surface area contributed by atoms with Gasteiger partial charge < -0.3 is 10.1 Å². The Morgan fingerprint density at radius 1 is 1.22 bits per heavy atom. The van der Waals surface area contributed by atoms with Crippen molar-refractivity contribution in [3.05, 3.63) is 35.4 Å². The molecule has 1 N–H and O–H groups in total. The number of carbonyl (C=O) groups is 2. The highest BCUT2D eigenvalue weighted by Crippen LogP contribution is 2.23. The van der Waals surface area contributed by atoms with Crippen molar-refractivity contribution in [1.82, 2.24) is 5.32 Å². The van der Waals surface area contributed by atoms with E-state index in [1.54, 1.807) is 6.92 Å². The molecule has 126 valence electrons. The van der Waals surface area contributed by atoms with Crippen LogP contribution < -0.4 is 5.32 Å². The molecule has 0 unspecified atom stereocenters. The van der Waals surface area contributed by atoms with Crippen molar-refractivity contribution in [2.24, 2.45) is 5.92 Å². The zero-order chi connectivity index (χ0) is 16.8. The van der Waals surface area contributed by atoms with Crippen molar-refractivity contribution < 1.29 is 14.3 Å². The predicted molar refractivity (Wildman–Crippen MR) is 90.0 cm³/mol. The summed E-state index contributed by atoms with van der Waals surface area (Å²) >= 11 is 0. The number of aryl methyl sites for hydroxylation is 1. The van der Waals surface area contributed by atoms with Crippen molar-refractivity contribution in [2.75, 3.05) is 0 Å². The molecule has 1 amide bonds. The largest absolute Gasteiger partial charge is 0.452 e. The van der Waals surface area contributed by atoms with E-state index in [4.69, 9.17) is 4.74 Å². The molecular weight excluding hydrogens is 290 g/mol. The minimum Gasteiger partial charge on any atom is -0.452 e. The summed E-state index contributed by atoms with van der Waals surface area (Å²) in [6.07, 6.45) is 3.98. The van der Waals surface area contributed by atoms with Crippen LogP contribution in [0.15, 0.2) is 24.3 Å². The highest BCUT2D eigenvalue weighted by Gasteiger charge is 2.26. The number of amides is 1. The van der Waals surface area contributed by atoms with Gasteiger partial charge in [-0.25, -0.2) is 0 Å². The predicted octanol–water partition coefficient (Wildman–Crippen LogP) is 3.16. The molecule has 0 aliphatic heterocycles. The summed E-state index contributed by atoms with van der Waals surface area (Å²) < 4.78 is 5.27. The first-order chi connectivity index (χ1) is 11.0. The topological polar surface area (TPSA) is 55.4 Å². The van der Waals surface area contributed by atoms with Gasteiger partial charge >= 0.3 is 5.97 Å². The lowest BCUT2D eigenvalue weighted by Crippen LogP contribution is -2.46. The van der Waals surface area contributed by atoms with Crippen molar-refractivity contribution in [3.8, 4) is 0 Å². The number of rotatable bonds is 5. The van der Waals surface area contributed by atoms with Gasteiger partial charge in [0.25, 0.3) is 5.91 Å². The Hall–Kier alpha value is -1.84. The third-order valence-corrected chi connectivity index (χ3v) is 4.59. The average Bonchev–Trinajstić information content (AvgIpc) is 2.51. The van der Waals surface area contributed by atoms with E-state index in [1.165, 1.54) is 6.42 Å². The summed E-state index contributed by atoms with van der Waals surface area (Å²) in [5, 5.41) is 3.03. The summed E-state index contributed by atoms with van der Waals surface area (Å²) in [5.41, 5.74) is 2.05. The van der Waals surface area contributed by atoms with E-state index in [-0.39, 0.29) is 24.3 Å². The molecule has 3 atom stereocenters. The van der Waals surface area contributed by atoms with E-state index in [2.05, 4.69) is 12.2 Å². The summed E-state index contributed by atoms with van der Waals surface area (Å²) in [7, 11) is 0. The number of carbonyl (C=O) groups excluding carboxylic acids is 2. The van der Waals surface area contributed by atoms with Gasteiger partial charge in [0.05, 0.1) is 6.42 Å². The third-order valence-electron chi connectivity index (χ3n) is 4.59. The molecule has 4 heteroatoms. The molecule has 0 bridgehead atoms. The van der Waals surface area contributed by atoms with E-state index >= 15 is 0 Å². The summed E-state index contributed by atoms with van der Waals surface area (Å²) in [6.45, 7) is 5.80. The fourth-order valence-corrected chi connectivity index (χ4v) is 3.00. The smallest absolute Gasteiger partial charge is 0.311 e. The maximum absolute atomic E-state index is 12.2. The lowest BCUT2D eigenvalue weighted by molar-refractivity contribution is -0.154. The Kier molecular flexibility index (Phi) is 6.20. The molecule has 4 nitrogen and oxygen atoms in total. The summed E-state index contributed by atoms with van der Waals surface area (Å²) in [5.74, 6) is -0.0719. The van der Waals surface area contributed by atoms with Crippen molar-refractivity contribution in [1.29, 1.82) is 0 Å². The molecule has 2 rings (SSSR count). The molecule has 0 saturated heterocycles. The molecule has 1 aromatic carbocycles. The molecule has 23 heavy (non-hydrogen) atoms. The van der Waals surface area contributed by atoms with E-state index in [9.17, 15) is 9.59 Å². The van der Waals surface area contributed by atoms with Crippen LogP contribution in [0, 0.1) is 12.8 Å². The van der Waals surface area contributed by atoms with Gasteiger partial charge in [-0.05, 0) is 38.2 Å². The Morgan fingerprint density at radius 2 is 1.87 bits per heavy atom. The Morgan fingerprint density at radius 3 is 2.52 bits per heavy atom. The van der Waals surface area contributed by atoms with Gasteiger partial charge in [-0.3, -0.25) is 9.59 Å². The van der Waals surface area contributed by atoms with Crippen LogP contribution in [0.2, 0.25) is 0 Å². The van der Waals surface area contributed by atoms with Crippen LogP contribution in [0.3, 0.4) is 0 Å². The standard InChI is InChI=1S/C19H27NO3/c1-13-8-10-16(11-9-13)12-18(21)23-15(3)19(22)20-17-7-5-4-6-14(17)2/h8-11,14-15,17H,4-7,12H2,1-3H3,(H,20,22)/t14-,15-,17+/m0/s1. The Labute approximate surface area is 138 Å². The first-order valence-electron chi connectivity index (χ1n) is 8.51. The molecular formula is C19H27NO3. The second-order valence-electron chi connectivity index (χ2n) is 6.67. The lowest BCUT2D eigenvalue weighted by Gasteiger charge is -2.30. The van der Waals surface area contributed by atoms with Crippen molar-refractivity contribution in [3.63, 3.8) is 0 Å². The monoisotopic (exact) mass is 317 g/mol. The normalized spacial score (nSPS) is 22.2. The highest BCUT2D eigenvalue weighted by molar-refractivity contribution is 5.84. The zero-order valence-electron chi connectivity index (χ0n) is 14.3. The molecule has 1 aromatic rings. The minimum atomic E-state index is -0.748. The van der Waals surface area contributed by atoms with Crippen LogP contribution in [0.1, 0.15) is 50.7 Å². The number of ether oxygens (including phenoxy) is 1. The molecule has 1 aliphatic carbocycles. The SMILES string of the molecule is Cc1ccc(CC(=O)O[C@@H](C)C(=O)N[C@@H]2CCCC[C@@H]2C)cc1. The van der Waals surface area contributed by atoms with E-state index in [0.717, 1.165) is 30.4 Å². The van der Waals surface area contributed by atoms with Gasteiger partial charge in [0.15, 0.2) is 6.10 Å². The molecule has 0 heterocycles. The van der Waals surface area contributed by atoms with Gasteiger partial charge in [-0.1, -0.05) is 49.6 Å². The third kappa shape index (κ3) is 5.38. The van der Waals surface area contributed by atoms with Crippen LogP contribution in [-0.2, 0) is 20.7 Å². The first-order valence-corrected chi connectivity index (χ1v) is 8.51. The second kappa shape index (κ2) is 8.14. The van der Waals surface area contributed by atoms with Crippen LogP contribution >= 0.6 is 0 Å². The van der Waals surface area contributed by atoms with Gasteiger partial charge in [0.2, 0.25) is 0 Å². The fourth-order valence-electron chi connectivity index (χ4n) is 3.00. The van der Waals surface area contributed by atoms with Gasteiger partial charge in [0.1, 0.15) is 0 Å². The number of hydrogen-bond acceptors (Lipinski definition) is 3. The second-order valence-corrected chi connectivity index (χ2v) is 6.67. The number of esters is 1. The van der Waals surface area contributed by atoms with Crippen LogP contribution in [-0.4, -0.2) is 24.0 Å². The Bertz CT molecular complexity index is 538. The van der Waals surface area contributed by atoms with Crippen LogP contribution in [0.5, 0.6) is 0 Å². The molecule has 1 saturated carbocycles. The molecule has 0 radical (unpaired) electrons. The van der Waals surface area contributed by atoms with Crippen LogP contribution in [0.25, 0.3) is 0 Å². The quantitative estimate of drug-likeness (QED) is 0.849. The number of hydrogen-bond donors (Lipinski definition) is 1. The maximum Gasteiger partial charge on any atom is 0.311 e. The first kappa shape index (κ1) is 17.5. The summed E-state index contributed by atoms with van der Waals surface area (Å²) in [4.78, 5) is 24.2. The number of benzene rings is 1. The molecule has 1 fully saturated rings. The lowest BCUT2D eigenvalue weighted by atomic mass is 9.86. The number of nitrogens with one attached hydrogen (secondary N) is 1.